The summed E-state index contributed by atoms with van der Waals surface area (Å²) in [6.07, 6.45) is -0.624. The summed E-state index contributed by atoms with van der Waals surface area (Å²) >= 11 is 0. The number of anilines is 1. The summed E-state index contributed by atoms with van der Waals surface area (Å²) in [5.41, 5.74) is 4.83. The van der Waals surface area contributed by atoms with Gasteiger partial charge in [-0.25, -0.2) is 10.2 Å². The summed E-state index contributed by atoms with van der Waals surface area (Å²) in [4.78, 5) is 21.2. The van der Waals surface area contributed by atoms with Crippen molar-refractivity contribution in [2.24, 2.45) is 0 Å². The number of nitro benzene ring substituents is 1. The number of hydrogen-bond acceptors (Lipinski definition) is 5. The first kappa shape index (κ1) is 13.8. The SMILES string of the molecule is CC(C)(C)OC(=O)NNc1ccc([N+](=O)[O-])cc1. The summed E-state index contributed by atoms with van der Waals surface area (Å²) in [5, 5.41) is 10.4. The number of benzene rings is 1. The molecule has 0 atom stereocenters. The standard InChI is InChI=1S/C11H15N3O4/c1-11(2,3)18-10(15)13-12-8-4-6-9(7-5-8)14(16)17/h4-7,12H,1-3H3,(H,13,15). The van der Waals surface area contributed by atoms with Gasteiger partial charge in [0.05, 0.1) is 10.6 Å². The number of nitrogens with zero attached hydrogens (tertiary/aromatic N) is 1. The van der Waals surface area contributed by atoms with Gasteiger partial charge in [0.2, 0.25) is 0 Å². The summed E-state index contributed by atoms with van der Waals surface area (Å²) < 4.78 is 5.00. The molecule has 2 N–H and O–H groups in total. The van der Waals surface area contributed by atoms with Crippen molar-refractivity contribution in [3.63, 3.8) is 0 Å². The summed E-state index contributed by atoms with van der Waals surface area (Å²) in [5.74, 6) is 0. The van der Waals surface area contributed by atoms with Gasteiger partial charge in [0.15, 0.2) is 0 Å². The zero-order chi connectivity index (χ0) is 13.8. The molecule has 0 spiro atoms. The van der Waals surface area contributed by atoms with Crippen LogP contribution >= 0.6 is 0 Å². The van der Waals surface area contributed by atoms with Crippen LogP contribution in [0.3, 0.4) is 0 Å². The minimum atomic E-state index is -0.624. The van der Waals surface area contributed by atoms with Gasteiger partial charge in [-0.15, -0.1) is 0 Å². The molecule has 1 amide bonds. The van der Waals surface area contributed by atoms with Crippen LogP contribution in [0.1, 0.15) is 20.8 Å². The first-order valence-electron chi connectivity index (χ1n) is 5.27. The number of carbonyl (C=O) groups excluding carboxylic acids is 1. The van der Waals surface area contributed by atoms with E-state index in [9.17, 15) is 14.9 Å². The van der Waals surface area contributed by atoms with Crippen LogP contribution in [0.5, 0.6) is 0 Å². The lowest BCUT2D eigenvalue weighted by molar-refractivity contribution is -0.384. The Morgan fingerprint density at radius 3 is 2.28 bits per heavy atom. The highest BCUT2D eigenvalue weighted by Crippen LogP contribution is 2.14. The van der Waals surface area contributed by atoms with E-state index in [0.717, 1.165) is 0 Å². The molecule has 1 rings (SSSR count). The highest BCUT2D eigenvalue weighted by Gasteiger charge is 2.15. The van der Waals surface area contributed by atoms with Gasteiger partial charge in [-0.1, -0.05) is 0 Å². The van der Waals surface area contributed by atoms with E-state index in [4.69, 9.17) is 4.74 Å². The number of non-ortho nitro benzene ring substituents is 1. The lowest BCUT2D eigenvalue weighted by Crippen LogP contribution is -2.35. The quantitative estimate of drug-likeness (QED) is 0.637. The molecule has 0 aromatic heterocycles. The third-order valence-electron chi connectivity index (χ3n) is 1.79. The molecule has 0 saturated heterocycles. The first-order chi connectivity index (χ1) is 8.28. The molecular weight excluding hydrogens is 238 g/mol. The average Bonchev–Trinajstić information content (AvgIpc) is 2.24. The van der Waals surface area contributed by atoms with Crippen molar-refractivity contribution in [1.29, 1.82) is 0 Å². The molecule has 0 heterocycles. The average molecular weight is 253 g/mol. The van der Waals surface area contributed by atoms with Crippen LogP contribution in [0.25, 0.3) is 0 Å². The predicted octanol–water partition coefficient (Wildman–Crippen LogP) is 2.45. The summed E-state index contributed by atoms with van der Waals surface area (Å²) in [7, 11) is 0. The summed E-state index contributed by atoms with van der Waals surface area (Å²) in [6.45, 7) is 5.25. The highest BCUT2D eigenvalue weighted by atomic mass is 16.6. The maximum atomic E-state index is 11.3. The van der Waals surface area contributed by atoms with Crippen molar-refractivity contribution in [2.75, 3.05) is 5.43 Å². The second kappa shape index (κ2) is 5.35. The molecule has 7 nitrogen and oxygen atoms in total. The fourth-order valence-corrected chi connectivity index (χ4v) is 1.09. The van der Waals surface area contributed by atoms with Crippen LogP contribution in [0.4, 0.5) is 16.2 Å². The lowest BCUT2D eigenvalue weighted by Gasteiger charge is -2.20. The highest BCUT2D eigenvalue weighted by molar-refractivity contribution is 5.69. The van der Waals surface area contributed by atoms with Crippen LogP contribution in [-0.4, -0.2) is 16.6 Å². The Bertz CT molecular complexity index is 437. The van der Waals surface area contributed by atoms with Gasteiger partial charge in [-0.3, -0.25) is 15.5 Å². The molecule has 0 unspecified atom stereocenters. The predicted molar refractivity (Wildman–Crippen MR) is 66.1 cm³/mol. The van der Waals surface area contributed by atoms with Gasteiger partial charge in [-0.2, -0.15) is 0 Å². The van der Waals surface area contributed by atoms with Crippen molar-refractivity contribution in [3.05, 3.63) is 34.4 Å². The second-order valence-corrected chi connectivity index (χ2v) is 4.56. The smallest absolute Gasteiger partial charge is 0.426 e. The molecule has 0 aliphatic heterocycles. The van der Waals surface area contributed by atoms with Crippen molar-refractivity contribution in [1.82, 2.24) is 5.43 Å². The zero-order valence-corrected chi connectivity index (χ0v) is 10.4. The van der Waals surface area contributed by atoms with Gasteiger partial charge in [0.25, 0.3) is 5.69 Å². The van der Waals surface area contributed by atoms with Crippen molar-refractivity contribution >= 4 is 17.5 Å². The fraction of sp³-hybridized carbons (Fsp3) is 0.364. The molecular formula is C11H15N3O4. The molecule has 18 heavy (non-hydrogen) atoms. The van der Waals surface area contributed by atoms with E-state index >= 15 is 0 Å². The first-order valence-corrected chi connectivity index (χ1v) is 5.27. The molecule has 0 saturated carbocycles. The monoisotopic (exact) mass is 253 g/mol. The Kier molecular flexibility index (Phi) is 4.09. The molecule has 0 radical (unpaired) electrons. The van der Waals surface area contributed by atoms with E-state index in [1.807, 2.05) is 0 Å². The number of carbonyl (C=O) groups is 1. The van der Waals surface area contributed by atoms with Crippen LogP contribution in [0, 0.1) is 10.1 Å². The van der Waals surface area contributed by atoms with E-state index in [1.54, 1.807) is 20.8 Å². The van der Waals surface area contributed by atoms with E-state index in [1.165, 1.54) is 24.3 Å². The van der Waals surface area contributed by atoms with E-state index in [2.05, 4.69) is 10.9 Å². The molecule has 0 aliphatic carbocycles. The van der Waals surface area contributed by atoms with Crippen LogP contribution < -0.4 is 10.9 Å². The number of nitro groups is 1. The Balaban J connectivity index is 2.49. The largest absolute Gasteiger partial charge is 0.443 e. The van der Waals surface area contributed by atoms with E-state index < -0.39 is 16.6 Å². The number of ether oxygens (including phenoxy) is 1. The van der Waals surface area contributed by atoms with Gasteiger partial charge in [0.1, 0.15) is 5.60 Å². The number of nitrogens with one attached hydrogen (secondary N) is 2. The molecule has 1 aromatic rings. The van der Waals surface area contributed by atoms with Gasteiger partial charge in [-0.05, 0) is 32.9 Å². The van der Waals surface area contributed by atoms with Gasteiger partial charge < -0.3 is 4.74 Å². The second-order valence-electron chi connectivity index (χ2n) is 4.56. The molecule has 98 valence electrons. The molecule has 7 heteroatoms. The Morgan fingerprint density at radius 2 is 1.83 bits per heavy atom. The minimum absolute atomic E-state index is 0.0159. The van der Waals surface area contributed by atoms with Crippen LogP contribution in [0.2, 0.25) is 0 Å². The third-order valence-corrected chi connectivity index (χ3v) is 1.79. The van der Waals surface area contributed by atoms with Crippen LogP contribution in [-0.2, 0) is 4.74 Å². The van der Waals surface area contributed by atoms with Gasteiger partial charge >= 0.3 is 6.09 Å². The Morgan fingerprint density at radius 1 is 1.28 bits per heavy atom. The Hall–Kier alpha value is -2.31. The topological polar surface area (TPSA) is 93.5 Å². The number of amides is 1. The van der Waals surface area contributed by atoms with E-state index in [-0.39, 0.29) is 5.69 Å². The minimum Gasteiger partial charge on any atom is -0.443 e. The van der Waals surface area contributed by atoms with Gasteiger partial charge in [0, 0.05) is 12.1 Å². The molecule has 0 bridgehead atoms. The van der Waals surface area contributed by atoms with Crippen molar-refractivity contribution in [3.8, 4) is 0 Å². The normalized spacial score (nSPS) is 10.6. The van der Waals surface area contributed by atoms with Crippen molar-refractivity contribution < 1.29 is 14.5 Å². The van der Waals surface area contributed by atoms with Crippen LogP contribution in [0.15, 0.2) is 24.3 Å². The maximum absolute atomic E-state index is 11.3. The molecule has 0 fully saturated rings. The van der Waals surface area contributed by atoms with E-state index in [0.29, 0.717) is 5.69 Å². The third kappa shape index (κ3) is 4.69. The maximum Gasteiger partial charge on any atom is 0.426 e. The zero-order valence-electron chi connectivity index (χ0n) is 10.4. The number of rotatable bonds is 3. The summed E-state index contributed by atoms with van der Waals surface area (Å²) in [6, 6.07) is 5.63. The molecule has 0 aliphatic rings. The fourth-order valence-electron chi connectivity index (χ4n) is 1.09. The number of hydrogen-bond donors (Lipinski definition) is 2. The van der Waals surface area contributed by atoms with Crippen molar-refractivity contribution in [2.45, 2.75) is 26.4 Å². The Labute approximate surface area is 104 Å². The lowest BCUT2D eigenvalue weighted by atomic mass is 10.2. The molecule has 1 aromatic carbocycles. The number of hydrazine groups is 1.